The first-order valence-electron chi connectivity index (χ1n) is 9.48. The second-order valence-electron chi connectivity index (χ2n) is 7.08. The number of anilines is 1. The lowest BCUT2D eigenvalue weighted by Gasteiger charge is -2.24. The van der Waals surface area contributed by atoms with Gasteiger partial charge in [0.1, 0.15) is 6.73 Å². The fourth-order valence-corrected chi connectivity index (χ4v) is 3.92. The molecule has 0 spiro atoms. The number of methoxy groups -OCH3 is 1. The second-order valence-corrected chi connectivity index (χ2v) is 7.08. The summed E-state index contributed by atoms with van der Waals surface area (Å²) in [6.45, 7) is 6.25. The van der Waals surface area contributed by atoms with Gasteiger partial charge >= 0.3 is 0 Å². The molecule has 1 aromatic heterocycles. The summed E-state index contributed by atoms with van der Waals surface area (Å²) in [6.07, 6.45) is 3.65. The predicted octanol–water partition coefficient (Wildman–Crippen LogP) is 1.94. The highest BCUT2D eigenvalue weighted by molar-refractivity contribution is 5.99. The van der Waals surface area contributed by atoms with Gasteiger partial charge in [-0.1, -0.05) is 0 Å². The summed E-state index contributed by atoms with van der Waals surface area (Å²) < 4.78 is 12.4. The molecule has 3 heterocycles. The maximum atomic E-state index is 13.0. The Morgan fingerprint density at radius 3 is 2.93 bits per heavy atom. The summed E-state index contributed by atoms with van der Waals surface area (Å²) >= 11 is 0. The van der Waals surface area contributed by atoms with Crippen molar-refractivity contribution in [2.45, 2.75) is 26.5 Å². The van der Waals surface area contributed by atoms with E-state index in [0.29, 0.717) is 13.2 Å². The Hall–Kier alpha value is -2.38. The van der Waals surface area contributed by atoms with Gasteiger partial charge in [-0.05, 0) is 43.0 Å². The molecule has 2 aliphatic heterocycles. The number of hydrogen-bond acceptors (Lipinski definition) is 6. The van der Waals surface area contributed by atoms with E-state index < -0.39 is 0 Å². The summed E-state index contributed by atoms with van der Waals surface area (Å²) in [6, 6.07) is 4.16. The van der Waals surface area contributed by atoms with Crippen molar-refractivity contribution >= 4 is 22.8 Å². The Bertz CT molecular complexity index is 929. The first kappa shape index (κ1) is 18.0. The normalized spacial score (nSPS) is 17.3. The van der Waals surface area contributed by atoms with E-state index >= 15 is 0 Å². The minimum Gasteiger partial charge on any atom is -0.384 e. The molecule has 0 amide bonds. The van der Waals surface area contributed by atoms with Crippen LogP contribution in [0.5, 0.6) is 0 Å². The molecule has 0 unspecified atom stereocenters. The Morgan fingerprint density at radius 2 is 2.15 bits per heavy atom. The van der Waals surface area contributed by atoms with Crippen molar-refractivity contribution in [3.63, 3.8) is 0 Å². The zero-order chi connectivity index (χ0) is 18.8. The van der Waals surface area contributed by atoms with E-state index in [9.17, 15) is 4.79 Å². The lowest BCUT2D eigenvalue weighted by Crippen LogP contribution is -2.32. The molecule has 1 aromatic carbocycles. The summed E-state index contributed by atoms with van der Waals surface area (Å²) in [5, 5.41) is 11.1. The number of nitrogens with one attached hydrogen (secondary N) is 1. The molecule has 2 aromatic rings. The number of pyridine rings is 1. The number of aryl methyl sites for hydroxylation is 1. The molecule has 144 valence electrons. The SMILES string of the molecule is COCn1c(=O)c2c(c3c(C)cc(/C=N/N4CCOCC4)cc31)NCCC2. The number of aromatic nitrogens is 1. The highest BCUT2D eigenvalue weighted by atomic mass is 16.5. The molecule has 7 nitrogen and oxygen atoms in total. The molecule has 0 saturated carbocycles. The highest BCUT2D eigenvalue weighted by Gasteiger charge is 2.21. The molecule has 7 heteroatoms. The maximum Gasteiger partial charge on any atom is 0.258 e. The van der Waals surface area contributed by atoms with Crippen molar-refractivity contribution in [2.24, 2.45) is 5.10 Å². The number of nitrogens with zero attached hydrogens (tertiary/aromatic N) is 3. The van der Waals surface area contributed by atoms with Gasteiger partial charge in [-0.25, -0.2) is 0 Å². The average molecular weight is 370 g/mol. The van der Waals surface area contributed by atoms with Gasteiger partial charge in [0.15, 0.2) is 0 Å². The van der Waals surface area contributed by atoms with E-state index in [2.05, 4.69) is 23.4 Å². The number of morpholine rings is 1. The third-order valence-corrected chi connectivity index (χ3v) is 5.20. The van der Waals surface area contributed by atoms with Crippen LogP contribution in [-0.4, -0.2) is 55.7 Å². The number of ether oxygens (including phenoxy) is 2. The van der Waals surface area contributed by atoms with Crippen LogP contribution in [0.3, 0.4) is 0 Å². The summed E-state index contributed by atoms with van der Waals surface area (Å²) in [7, 11) is 1.62. The molecule has 4 rings (SSSR count). The van der Waals surface area contributed by atoms with E-state index in [1.165, 1.54) is 0 Å². The average Bonchev–Trinajstić information content (AvgIpc) is 2.70. The van der Waals surface area contributed by atoms with Crippen LogP contribution in [0.25, 0.3) is 10.9 Å². The van der Waals surface area contributed by atoms with Crippen LogP contribution in [0.15, 0.2) is 22.0 Å². The van der Waals surface area contributed by atoms with E-state index in [0.717, 1.165) is 65.8 Å². The standard InChI is InChI=1S/C20H26N4O3/c1-14-10-15(12-22-23-6-8-27-9-7-23)11-17-18(14)19-16(4-3-5-21-19)20(25)24(17)13-26-2/h10-12,21H,3-9,13H2,1-2H3/b22-12+. The lowest BCUT2D eigenvalue weighted by atomic mass is 9.97. The Morgan fingerprint density at radius 1 is 1.33 bits per heavy atom. The number of hydrogen-bond donors (Lipinski definition) is 1. The van der Waals surface area contributed by atoms with Gasteiger partial charge < -0.3 is 14.8 Å². The van der Waals surface area contributed by atoms with Gasteiger partial charge in [0.05, 0.1) is 43.7 Å². The third kappa shape index (κ3) is 3.44. The lowest BCUT2D eigenvalue weighted by molar-refractivity contribution is 0.0397. The van der Waals surface area contributed by atoms with Gasteiger partial charge in [-0.2, -0.15) is 5.10 Å². The third-order valence-electron chi connectivity index (χ3n) is 5.20. The monoisotopic (exact) mass is 370 g/mol. The fraction of sp³-hybridized carbons (Fsp3) is 0.500. The molecule has 1 fully saturated rings. The molecule has 0 aliphatic carbocycles. The van der Waals surface area contributed by atoms with Gasteiger partial charge in [0, 0.05) is 24.6 Å². The van der Waals surface area contributed by atoms with Crippen LogP contribution in [-0.2, 0) is 22.6 Å². The first-order chi connectivity index (χ1) is 13.2. The van der Waals surface area contributed by atoms with E-state index in [4.69, 9.17) is 9.47 Å². The quantitative estimate of drug-likeness (QED) is 0.833. The van der Waals surface area contributed by atoms with Crippen LogP contribution in [0.4, 0.5) is 5.69 Å². The molecular formula is C20H26N4O3. The van der Waals surface area contributed by atoms with Crippen molar-refractivity contribution < 1.29 is 9.47 Å². The summed E-state index contributed by atoms with van der Waals surface area (Å²) in [5.41, 5.74) is 4.89. The molecular weight excluding hydrogens is 344 g/mol. The van der Waals surface area contributed by atoms with E-state index in [-0.39, 0.29) is 12.3 Å². The molecule has 0 radical (unpaired) electrons. The molecule has 0 bridgehead atoms. The van der Waals surface area contributed by atoms with E-state index in [1.807, 2.05) is 17.3 Å². The zero-order valence-electron chi connectivity index (χ0n) is 16.0. The van der Waals surface area contributed by atoms with Crippen LogP contribution in [0, 0.1) is 6.92 Å². The van der Waals surface area contributed by atoms with Crippen molar-refractivity contribution in [2.75, 3.05) is 45.3 Å². The predicted molar refractivity (Wildman–Crippen MR) is 107 cm³/mol. The topological polar surface area (TPSA) is 68.1 Å². The Kier molecular flexibility index (Phi) is 5.13. The molecule has 1 N–H and O–H groups in total. The fourth-order valence-electron chi connectivity index (χ4n) is 3.92. The Labute approximate surface area is 158 Å². The van der Waals surface area contributed by atoms with Gasteiger partial charge in [-0.15, -0.1) is 0 Å². The summed E-state index contributed by atoms with van der Waals surface area (Å²) in [5.74, 6) is 0. The van der Waals surface area contributed by atoms with Gasteiger partial charge in [-0.3, -0.25) is 14.4 Å². The van der Waals surface area contributed by atoms with Crippen molar-refractivity contribution in [3.05, 3.63) is 39.2 Å². The summed E-state index contributed by atoms with van der Waals surface area (Å²) in [4.78, 5) is 13.0. The van der Waals surface area contributed by atoms with Crippen LogP contribution < -0.4 is 10.9 Å². The van der Waals surface area contributed by atoms with Crippen LogP contribution >= 0.6 is 0 Å². The number of benzene rings is 1. The first-order valence-corrected chi connectivity index (χ1v) is 9.48. The number of rotatable bonds is 4. The number of hydrazone groups is 1. The van der Waals surface area contributed by atoms with E-state index in [1.54, 1.807) is 11.7 Å². The van der Waals surface area contributed by atoms with Crippen molar-refractivity contribution in [1.82, 2.24) is 9.58 Å². The largest absolute Gasteiger partial charge is 0.384 e. The minimum absolute atomic E-state index is 0.0354. The maximum absolute atomic E-state index is 13.0. The molecule has 0 atom stereocenters. The van der Waals surface area contributed by atoms with Crippen molar-refractivity contribution in [3.8, 4) is 0 Å². The van der Waals surface area contributed by atoms with Crippen LogP contribution in [0.1, 0.15) is 23.1 Å². The van der Waals surface area contributed by atoms with Gasteiger partial charge in [0.25, 0.3) is 5.56 Å². The molecule has 27 heavy (non-hydrogen) atoms. The smallest absolute Gasteiger partial charge is 0.258 e. The van der Waals surface area contributed by atoms with Crippen LogP contribution in [0.2, 0.25) is 0 Å². The number of fused-ring (bicyclic) bond motifs is 3. The molecule has 2 aliphatic rings. The second kappa shape index (κ2) is 7.70. The van der Waals surface area contributed by atoms with Gasteiger partial charge in [0.2, 0.25) is 0 Å². The minimum atomic E-state index is 0.0354. The molecule has 1 saturated heterocycles. The zero-order valence-corrected chi connectivity index (χ0v) is 16.0. The highest BCUT2D eigenvalue weighted by Crippen LogP contribution is 2.32. The van der Waals surface area contributed by atoms with Crippen molar-refractivity contribution in [1.29, 1.82) is 0 Å². The Balaban J connectivity index is 1.83.